The van der Waals surface area contributed by atoms with Crippen molar-refractivity contribution in [3.8, 4) is 33.4 Å². The Hall–Kier alpha value is -4.00. The van der Waals surface area contributed by atoms with E-state index in [-0.39, 0.29) is 35.6 Å². The van der Waals surface area contributed by atoms with Gasteiger partial charge in [0, 0.05) is 0 Å². The Kier molecular flexibility index (Phi) is 12.0. The van der Waals surface area contributed by atoms with Gasteiger partial charge in [-0.25, -0.2) is 0 Å². The number of fused-ring (bicyclic) bond motifs is 3. The van der Waals surface area contributed by atoms with Gasteiger partial charge < -0.3 is 24.8 Å². The van der Waals surface area contributed by atoms with Crippen LogP contribution in [0.3, 0.4) is 0 Å². The molecule has 8 rings (SSSR count). The fourth-order valence-electron chi connectivity index (χ4n) is 8.22. The van der Waals surface area contributed by atoms with Gasteiger partial charge in [-0.1, -0.05) is 24.3 Å². The van der Waals surface area contributed by atoms with Crippen LogP contribution in [0.5, 0.6) is 0 Å². The molecule has 6 aromatic rings. The summed E-state index contributed by atoms with van der Waals surface area (Å²) in [5.74, 6) is 0. The third-order valence-electron chi connectivity index (χ3n) is 10.9. The monoisotopic (exact) mass is 831 g/mol. The van der Waals surface area contributed by atoms with Crippen LogP contribution in [0, 0.1) is 0 Å². The molecule has 0 spiro atoms. The third kappa shape index (κ3) is 8.00. The molecule has 0 saturated carbocycles. The van der Waals surface area contributed by atoms with Gasteiger partial charge in [0.1, 0.15) is 0 Å². The molecule has 0 heterocycles. The van der Waals surface area contributed by atoms with Crippen molar-refractivity contribution >= 4 is 17.7 Å². The zero-order chi connectivity index (χ0) is 36.9. The molecule has 1 atom stereocenters. The summed E-state index contributed by atoms with van der Waals surface area (Å²) in [7, 11) is 0. The maximum atomic E-state index is 2.53. The van der Waals surface area contributed by atoms with Gasteiger partial charge in [0.15, 0.2) is 0 Å². The molecule has 6 aromatic carbocycles. The zero-order valence-corrected chi connectivity index (χ0v) is 36.5. The van der Waals surface area contributed by atoms with Crippen LogP contribution in [0.1, 0.15) is 90.5 Å². The molecule has 55 heavy (non-hydrogen) atoms. The number of rotatable bonds is 5. The molecule has 0 radical (unpaired) electrons. The van der Waals surface area contributed by atoms with Crippen molar-refractivity contribution in [1.82, 2.24) is 0 Å². The molecular formula is C52H47Cl2Zr. The summed E-state index contributed by atoms with van der Waals surface area (Å²) in [6, 6.07) is 47.0. The molecule has 2 aliphatic carbocycles. The molecule has 0 bridgehead atoms. The Labute approximate surface area is 355 Å². The van der Waals surface area contributed by atoms with Crippen LogP contribution in [0.2, 0.25) is 0 Å². The fraction of sp³-hybridized carbons (Fsp3) is 0.192. The van der Waals surface area contributed by atoms with Gasteiger partial charge >= 0.3 is 309 Å². The smallest absolute Gasteiger partial charge is 1.00 e. The van der Waals surface area contributed by atoms with Gasteiger partial charge in [-0.05, 0) is 0 Å². The van der Waals surface area contributed by atoms with Crippen molar-refractivity contribution < 1.29 is 49.5 Å². The van der Waals surface area contributed by atoms with Crippen LogP contribution >= 0.6 is 0 Å². The van der Waals surface area contributed by atoms with E-state index in [2.05, 4.69) is 199 Å². The van der Waals surface area contributed by atoms with Crippen LogP contribution in [0.25, 0.3) is 51.1 Å². The minimum Gasteiger partial charge on any atom is -1.00 e. The number of halogens is 2. The summed E-state index contributed by atoms with van der Waals surface area (Å²) in [5.41, 5.74) is 18.9. The van der Waals surface area contributed by atoms with E-state index in [1.54, 1.807) is 0 Å². The van der Waals surface area contributed by atoms with E-state index >= 15 is 0 Å². The van der Waals surface area contributed by atoms with E-state index < -0.39 is 0 Å². The number of allylic oxidation sites excluding steroid dienone is 4. The summed E-state index contributed by atoms with van der Waals surface area (Å²) in [5, 5.41) is 2.66. The van der Waals surface area contributed by atoms with Crippen LogP contribution in [0.15, 0.2) is 146 Å². The molecular weight excluding hydrogens is 787 g/mol. The van der Waals surface area contributed by atoms with E-state index in [1.165, 1.54) is 113 Å². The van der Waals surface area contributed by atoms with Gasteiger partial charge in [-0.2, -0.15) is 0 Å². The molecule has 273 valence electrons. The van der Waals surface area contributed by atoms with Crippen molar-refractivity contribution in [3.05, 3.63) is 195 Å². The molecule has 0 fully saturated rings. The normalized spacial score (nSPS) is 15.3. The summed E-state index contributed by atoms with van der Waals surface area (Å²) in [6.45, 7) is 14.2. The molecule has 1 unspecified atom stereocenters. The molecule has 3 heteroatoms. The van der Waals surface area contributed by atoms with Crippen LogP contribution in [-0.4, -0.2) is 0 Å². The van der Waals surface area contributed by atoms with Crippen LogP contribution in [0.4, 0.5) is 0 Å². The maximum absolute atomic E-state index is 2.53. The largest absolute Gasteiger partial charge is 1.00 e. The third-order valence-corrected chi connectivity index (χ3v) is 12.4. The first kappa shape index (κ1) is 40.7. The van der Waals surface area contributed by atoms with E-state index in [0.717, 1.165) is 6.42 Å². The minimum atomic E-state index is -0.107. The number of benzene rings is 6. The van der Waals surface area contributed by atoms with Crippen molar-refractivity contribution in [3.63, 3.8) is 0 Å². The Morgan fingerprint density at radius 3 is 1.55 bits per heavy atom. The Bertz CT molecular complexity index is 2510. The Morgan fingerprint density at radius 2 is 1.07 bits per heavy atom. The molecule has 0 saturated heterocycles. The second kappa shape index (κ2) is 16.2. The zero-order valence-electron chi connectivity index (χ0n) is 32.6. The average Bonchev–Trinajstić information content (AvgIpc) is 3.79. The standard InChI is InChI=1S/C52H47.2ClH.Zr/c1-51(2,3)43-29-30-44-42(33-43)34-47-48(41-19-13-14-20-41)50(52(4,5)6)46(32-36-23-27-40(28-24-36)38-17-11-8-12-18-38)45(49(44)47)31-35-21-25-39(26-22-35)37-15-9-7-10-16-37;;;/h7-19,21-34H,20H2,1-6H3;2*1H;/q;;;+2/p-2. The first-order valence-corrected chi connectivity index (χ1v) is 20.4. The Balaban J connectivity index is 0.00000257. The predicted molar refractivity (Wildman–Crippen MR) is 223 cm³/mol. The second-order valence-electron chi connectivity index (χ2n) is 16.7. The molecule has 0 N–H and O–H groups in total. The van der Waals surface area contributed by atoms with Crippen LogP contribution < -0.4 is 35.3 Å². The topological polar surface area (TPSA) is 0 Å². The van der Waals surface area contributed by atoms with Gasteiger partial charge in [-0.15, -0.1) is 0 Å². The van der Waals surface area contributed by atoms with E-state index in [4.69, 9.17) is 0 Å². The van der Waals surface area contributed by atoms with Gasteiger partial charge in [0.05, 0.1) is 0 Å². The molecule has 2 aliphatic rings. The summed E-state index contributed by atoms with van der Waals surface area (Å²) >= 11 is 1.53. The molecule has 0 aliphatic heterocycles. The maximum Gasteiger partial charge on any atom is -1.00 e. The van der Waals surface area contributed by atoms with E-state index in [9.17, 15) is 0 Å². The van der Waals surface area contributed by atoms with Crippen molar-refractivity contribution in [2.75, 3.05) is 0 Å². The minimum absolute atomic E-state index is 0. The first-order valence-electron chi connectivity index (χ1n) is 18.9. The Morgan fingerprint density at radius 1 is 0.564 bits per heavy atom. The molecule has 0 nitrogen and oxygen atoms in total. The second-order valence-corrected chi connectivity index (χ2v) is 18.1. The molecule has 0 aromatic heterocycles. The van der Waals surface area contributed by atoms with Gasteiger partial charge in [0.2, 0.25) is 0 Å². The van der Waals surface area contributed by atoms with E-state index in [0.29, 0.717) is 3.63 Å². The van der Waals surface area contributed by atoms with Crippen molar-refractivity contribution in [2.24, 2.45) is 0 Å². The first-order chi connectivity index (χ1) is 25.5. The quantitative estimate of drug-likeness (QED) is 0.193. The number of hydrogen-bond acceptors (Lipinski definition) is 0. The van der Waals surface area contributed by atoms with E-state index in [1.807, 2.05) is 0 Å². The van der Waals surface area contributed by atoms with Crippen LogP contribution in [-0.2, 0) is 35.5 Å². The summed E-state index contributed by atoms with van der Waals surface area (Å²) in [4.78, 5) is 0. The fourth-order valence-corrected chi connectivity index (χ4v) is 9.52. The number of hydrogen-bond donors (Lipinski definition) is 0. The summed E-state index contributed by atoms with van der Waals surface area (Å²) < 4.78 is 0.360. The van der Waals surface area contributed by atoms with Gasteiger partial charge in [0.25, 0.3) is 0 Å². The SMILES string of the molecule is CC(C)(C)c1ccc2c(c1)[CH]([Zr+2])c1c(C3=CC=CC3)c(C(C)(C)C)c(=Cc3ccc(-c4ccccc4)cc3)c(=Cc3ccc(-c4ccccc4)cc3)c1-2.[Cl-].[Cl-]. The van der Waals surface area contributed by atoms with Crippen molar-refractivity contribution in [1.29, 1.82) is 0 Å². The predicted octanol–water partition coefficient (Wildman–Crippen LogP) is 6.24. The summed E-state index contributed by atoms with van der Waals surface area (Å²) in [6.07, 6.45) is 12.9. The van der Waals surface area contributed by atoms with Gasteiger partial charge in [-0.3, -0.25) is 0 Å². The average molecular weight is 834 g/mol. The van der Waals surface area contributed by atoms with Crippen molar-refractivity contribution in [2.45, 2.75) is 62.4 Å². The molecule has 0 amide bonds.